The fraction of sp³-hybridized carbons (Fsp3) is 0.192. The lowest BCUT2D eigenvalue weighted by Crippen LogP contribution is -2.57. The van der Waals surface area contributed by atoms with Crippen molar-refractivity contribution < 1.29 is 19.5 Å². The van der Waals surface area contributed by atoms with Gasteiger partial charge < -0.3 is 5.11 Å². The third-order valence-corrected chi connectivity index (χ3v) is 7.78. The maximum absolute atomic E-state index is 13.9. The van der Waals surface area contributed by atoms with E-state index < -0.39 is 29.1 Å². The summed E-state index contributed by atoms with van der Waals surface area (Å²) in [5, 5.41) is 11.1. The van der Waals surface area contributed by atoms with Crippen LogP contribution in [0.4, 0.5) is 5.69 Å². The van der Waals surface area contributed by atoms with Crippen molar-refractivity contribution in [3.63, 3.8) is 0 Å². The van der Waals surface area contributed by atoms with Crippen LogP contribution in [0, 0.1) is 18.8 Å². The molecule has 1 N–H and O–H groups in total. The standard InChI is InChI=1S/C26H18ClNO4/c1-13-10-11-14(12-19(13)27)28-23(29)21-20-15-6-2-4-8-17(15)26(25(31)32,22(21)24(28)30)18-9-5-3-7-16(18)20/h2-12,20-22H,1H3,(H,31,32)/t20?,21-,22+,26?/m1/s1. The molecule has 3 aromatic rings. The average Bonchev–Trinajstić information content (AvgIpc) is 3.06. The number of rotatable bonds is 2. The van der Waals surface area contributed by atoms with E-state index in [0.29, 0.717) is 21.8 Å². The first-order valence-electron chi connectivity index (χ1n) is 10.4. The largest absolute Gasteiger partial charge is 0.480 e. The van der Waals surface area contributed by atoms with Gasteiger partial charge in [-0.3, -0.25) is 14.4 Å². The quantitative estimate of drug-likeness (QED) is 0.600. The van der Waals surface area contributed by atoms with E-state index in [1.807, 2.05) is 31.2 Å². The molecule has 3 aliphatic carbocycles. The number of imide groups is 1. The first-order valence-corrected chi connectivity index (χ1v) is 10.8. The molecule has 158 valence electrons. The number of nitrogens with zero attached hydrogens (tertiary/aromatic N) is 1. The number of carboxylic acids is 1. The van der Waals surface area contributed by atoms with E-state index in [1.165, 1.54) is 0 Å². The SMILES string of the molecule is Cc1ccc(N2C(=O)[C@@H]3C4c5ccccc5C(C(=O)O)(c5ccccc54)[C@@H]3C2=O)cc1Cl. The summed E-state index contributed by atoms with van der Waals surface area (Å²) in [5.74, 6) is -4.17. The van der Waals surface area contributed by atoms with Crippen LogP contribution in [-0.4, -0.2) is 22.9 Å². The Labute approximate surface area is 189 Å². The normalized spacial score (nSPS) is 27.2. The molecule has 0 spiro atoms. The number of carbonyl (C=O) groups is 3. The molecule has 1 saturated heterocycles. The number of anilines is 1. The van der Waals surface area contributed by atoms with Gasteiger partial charge in [0.15, 0.2) is 0 Å². The average molecular weight is 444 g/mol. The predicted molar refractivity (Wildman–Crippen MR) is 119 cm³/mol. The van der Waals surface area contributed by atoms with Crippen LogP contribution in [0.2, 0.25) is 5.02 Å². The molecular weight excluding hydrogens is 426 g/mol. The number of halogens is 1. The van der Waals surface area contributed by atoms with Crippen LogP contribution >= 0.6 is 11.6 Å². The van der Waals surface area contributed by atoms with Gasteiger partial charge in [-0.25, -0.2) is 4.90 Å². The molecule has 4 aliphatic rings. The fourth-order valence-corrected chi connectivity index (χ4v) is 6.29. The van der Waals surface area contributed by atoms with Crippen molar-refractivity contribution >= 4 is 35.1 Å². The van der Waals surface area contributed by atoms with E-state index in [2.05, 4.69) is 0 Å². The number of benzene rings is 3. The van der Waals surface area contributed by atoms with Crippen molar-refractivity contribution in [2.75, 3.05) is 4.90 Å². The molecule has 0 radical (unpaired) electrons. The molecule has 5 nitrogen and oxygen atoms in total. The molecule has 0 saturated carbocycles. The van der Waals surface area contributed by atoms with E-state index in [-0.39, 0.29) is 11.8 Å². The molecule has 0 aromatic heterocycles. The summed E-state index contributed by atoms with van der Waals surface area (Å²) < 4.78 is 0. The maximum Gasteiger partial charge on any atom is 0.319 e. The summed E-state index contributed by atoms with van der Waals surface area (Å²) in [4.78, 5) is 41.9. The molecule has 1 aliphatic heterocycles. The molecule has 2 amide bonds. The van der Waals surface area contributed by atoms with Gasteiger partial charge >= 0.3 is 5.97 Å². The number of hydrogen-bond donors (Lipinski definition) is 1. The number of hydrogen-bond acceptors (Lipinski definition) is 3. The van der Waals surface area contributed by atoms with Gasteiger partial charge in [0.1, 0.15) is 5.41 Å². The van der Waals surface area contributed by atoms with Gasteiger partial charge in [0.05, 0.1) is 17.5 Å². The smallest absolute Gasteiger partial charge is 0.319 e. The van der Waals surface area contributed by atoms with E-state index in [4.69, 9.17) is 11.6 Å². The molecule has 1 fully saturated rings. The molecule has 7 rings (SSSR count). The van der Waals surface area contributed by atoms with Crippen molar-refractivity contribution in [3.05, 3.63) is 99.6 Å². The van der Waals surface area contributed by atoms with Crippen molar-refractivity contribution in [1.82, 2.24) is 0 Å². The zero-order chi connectivity index (χ0) is 22.4. The molecule has 6 heteroatoms. The van der Waals surface area contributed by atoms with E-state index >= 15 is 0 Å². The topological polar surface area (TPSA) is 74.7 Å². The van der Waals surface area contributed by atoms with Gasteiger partial charge in [-0.15, -0.1) is 0 Å². The molecule has 0 unspecified atom stereocenters. The Morgan fingerprint density at radius 1 is 0.938 bits per heavy atom. The Bertz CT molecular complexity index is 1320. The van der Waals surface area contributed by atoms with Gasteiger partial charge in [-0.2, -0.15) is 0 Å². The Kier molecular flexibility index (Phi) is 3.79. The summed E-state index contributed by atoms with van der Waals surface area (Å²) in [6.45, 7) is 1.84. The third-order valence-electron chi connectivity index (χ3n) is 7.37. The monoisotopic (exact) mass is 443 g/mol. The summed E-state index contributed by atoms with van der Waals surface area (Å²) in [6, 6.07) is 19.7. The van der Waals surface area contributed by atoms with Crippen LogP contribution in [0.25, 0.3) is 0 Å². The van der Waals surface area contributed by atoms with Crippen LogP contribution < -0.4 is 4.90 Å². The van der Waals surface area contributed by atoms with Crippen LogP contribution in [0.5, 0.6) is 0 Å². The summed E-state index contributed by atoms with van der Waals surface area (Å²) in [7, 11) is 0. The second-order valence-electron chi connectivity index (χ2n) is 8.71. The molecule has 1 heterocycles. The van der Waals surface area contributed by atoms with E-state index in [9.17, 15) is 19.5 Å². The van der Waals surface area contributed by atoms with Gasteiger partial charge in [-0.1, -0.05) is 66.2 Å². The highest BCUT2D eigenvalue weighted by Gasteiger charge is 2.71. The second-order valence-corrected chi connectivity index (χ2v) is 9.12. The highest BCUT2D eigenvalue weighted by Crippen LogP contribution is 2.64. The molecule has 2 bridgehead atoms. The van der Waals surface area contributed by atoms with E-state index in [1.54, 1.807) is 42.5 Å². The lowest BCUT2D eigenvalue weighted by atomic mass is 9.47. The zero-order valence-electron chi connectivity index (χ0n) is 17.1. The second kappa shape index (κ2) is 6.30. The Morgan fingerprint density at radius 2 is 1.53 bits per heavy atom. The minimum atomic E-state index is -1.62. The Balaban J connectivity index is 1.66. The first-order chi connectivity index (χ1) is 15.4. The zero-order valence-corrected chi connectivity index (χ0v) is 17.8. The summed E-state index contributed by atoms with van der Waals surface area (Å²) in [6.07, 6.45) is 0. The van der Waals surface area contributed by atoms with Gasteiger partial charge in [0.25, 0.3) is 0 Å². The molecule has 3 aromatic carbocycles. The Morgan fingerprint density at radius 3 is 2.09 bits per heavy atom. The van der Waals surface area contributed by atoms with Crippen molar-refractivity contribution in [2.24, 2.45) is 11.8 Å². The van der Waals surface area contributed by atoms with Gasteiger partial charge in [0, 0.05) is 10.9 Å². The number of aliphatic carboxylic acids is 1. The predicted octanol–water partition coefficient (Wildman–Crippen LogP) is 4.28. The van der Waals surface area contributed by atoms with Crippen molar-refractivity contribution in [2.45, 2.75) is 18.3 Å². The van der Waals surface area contributed by atoms with Crippen molar-refractivity contribution in [3.8, 4) is 0 Å². The fourth-order valence-electron chi connectivity index (χ4n) is 6.11. The lowest BCUT2D eigenvalue weighted by molar-refractivity contribution is -0.149. The maximum atomic E-state index is 13.9. The van der Waals surface area contributed by atoms with Crippen LogP contribution in [0.1, 0.15) is 33.7 Å². The van der Waals surface area contributed by atoms with Crippen molar-refractivity contribution in [1.29, 1.82) is 0 Å². The highest BCUT2D eigenvalue weighted by molar-refractivity contribution is 6.32. The molecule has 2 atom stereocenters. The number of carbonyl (C=O) groups excluding carboxylic acids is 2. The third kappa shape index (κ3) is 2.07. The van der Waals surface area contributed by atoms with Gasteiger partial charge in [0.2, 0.25) is 11.8 Å². The summed E-state index contributed by atoms with van der Waals surface area (Å²) >= 11 is 6.29. The summed E-state index contributed by atoms with van der Waals surface area (Å²) in [5.41, 5.74) is 2.39. The molecular formula is C26H18ClNO4. The first kappa shape index (κ1) is 19.3. The Hall–Kier alpha value is -3.44. The lowest BCUT2D eigenvalue weighted by Gasteiger charge is -2.51. The minimum Gasteiger partial charge on any atom is -0.480 e. The number of amides is 2. The number of aryl methyl sites for hydroxylation is 1. The van der Waals surface area contributed by atoms with Gasteiger partial charge in [-0.05, 0) is 46.9 Å². The van der Waals surface area contributed by atoms with Crippen LogP contribution in [-0.2, 0) is 19.8 Å². The number of carboxylic acid groups (broad SMARTS) is 1. The highest BCUT2D eigenvalue weighted by atomic mass is 35.5. The minimum absolute atomic E-state index is 0.373. The van der Waals surface area contributed by atoms with Crippen LogP contribution in [0.15, 0.2) is 66.7 Å². The van der Waals surface area contributed by atoms with E-state index in [0.717, 1.165) is 21.6 Å². The molecule has 32 heavy (non-hydrogen) atoms. The van der Waals surface area contributed by atoms with Crippen LogP contribution in [0.3, 0.4) is 0 Å².